The van der Waals surface area contributed by atoms with E-state index < -0.39 is 17.8 Å². The molecule has 4 aromatic rings. The van der Waals surface area contributed by atoms with Crippen molar-refractivity contribution in [3.05, 3.63) is 87.8 Å². The van der Waals surface area contributed by atoms with E-state index in [0.717, 1.165) is 47.4 Å². The van der Waals surface area contributed by atoms with Gasteiger partial charge in [0, 0.05) is 26.4 Å². The Hall–Kier alpha value is -4.15. The number of thiophene rings is 1. The number of amides is 2. The molecule has 0 radical (unpaired) electrons. The first-order valence-electron chi connectivity index (χ1n) is 13.8. The zero-order valence-electron chi connectivity index (χ0n) is 23.0. The number of aryl methyl sites for hydroxylation is 1. The quantitative estimate of drug-likeness (QED) is 0.107. The Bertz CT molecular complexity index is 1670. The molecule has 216 valence electrons. The van der Waals surface area contributed by atoms with Crippen LogP contribution in [0.1, 0.15) is 67.7 Å². The molecule has 0 saturated heterocycles. The minimum atomic E-state index is -1.11. The van der Waals surface area contributed by atoms with Crippen molar-refractivity contribution in [1.29, 1.82) is 0 Å². The summed E-state index contributed by atoms with van der Waals surface area (Å²) in [5, 5.41) is 17.0. The summed E-state index contributed by atoms with van der Waals surface area (Å²) < 4.78 is 5.31. The summed E-state index contributed by atoms with van der Waals surface area (Å²) in [5.41, 5.74) is 2.32. The fourth-order valence-corrected chi connectivity index (χ4v) is 7.18. The Kier molecular flexibility index (Phi) is 9.24. The van der Waals surface area contributed by atoms with E-state index in [-0.39, 0.29) is 29.4 Å². The minimum absolute atomic E-state index is 0.0573. The van der Waals surface area contributed by atoms with Gasteiger partial charge < -0.3 is 20.5 Å². The second-order valence-electron chi connectivity index (χ2n) is 9.82. The number of hydrogen-bond donors (Lipinski definition) is 3. The molecule has 42 heavy (non-hydrogen) atoms. The smallest absolute Gasteiger partial charge is 0.341 e. The molecule has 0 bridgehead atoms. The van der Waals surface area contributed by atoms with E-state index in [2.05, 4.69) is 10.6 Å². The average Bonchev–Trinajstić information content (AvgIpc) is 3.15. The molecule has 1 heterocycles. The highest BCUT2D eigenvalue weighted by atomic mass is 32.2. The summed E-state index contributed by atoms with van der Waals surface area (Å²) in [6.45, 7) is 2.03. The Morgan fingerprint density at radius 3 is 2.43 bits per heavy atom. The van der Waals surface area contributed by atoms with Gasteiger partial charge in [-0.05, 0) is 73.9 Å². The van der Waals surface area contributed by atoms with Crippen LogP contribution < -0.4 is 10.6 Å². The van der Waals surface area contributed by atoms with Gasteiger partial charge in [-0.3, -0.25) is 9.59 Å². The minimum Gasteiger partial charge on any atom is -0.478 e. The van der Waals surface area contributed by atoms with Crippen LogP contribution in [-0.2, 0) is 22.4 Å². The molecular formula is C32H30N2O6S2. The molecule has 8 nitrogen and oxygen atoms in total. The molecule has 0 aliphatic heterocycles. The van der Waals surface area contributed by atoms with Crippen molar-refractivity contribution in [2.24, 2.45) is 0 Å². The van der Waals surface area contributed by atoms with Gasteiger partial charge in [-0.25, -0.2) is 9.59 Å². The fraction of sp³-hybridized carbons (Fsp3) is 0.250. The molecular weight excluding hydrogens is 572 g/mol. The largest absolute Gasteiger partial charge is 0.478 e. The van der Waals surface area contributed by atoms with Crippen LogP contribution in [0.4, 0.5) is 10.7 Å². The third kappa shape index (κ3) is 6.50. The van der Waals surface area contributed by atoms with Crippen LogP contribution in [0.5, 0.6) is 0 Å². The van der Waals surface area contributed by atoms with Gasteiger partial charge in [0.05, 0.1) is 23.5 Å². The third-order valence-corrected chi connectivity index (χ3v) is 9.20. The van der Waals surface area contributed by atoms with Crippen LogP contribution in [0.3, 0.4) is 0 Å². The SMILES string of the molecule is CCOC(=O)c1c(NC(=O)CSc2cccc(NC(=O)c3cccc4cccc(C(=O)O)c34)c2)sc2c1CCCCC2. The molecule has 0 atom stereocenters. The molecule has 0 fully saturated rings. The van der Waals surface area contributed by atoms with Gasteiger partial charge in [0.25, 0.3) is 5.91 Å². The number of nitrogens with one attached hydrogen (secondary N) is 2. The van der Waals surface area contributed by atoms with Gasteiger partial charge >= 0.3 is 11.9 Å². The highest BCUT2D eigenvalue weighted by Gasteiger charge is 2.26. The second-order valence-corrected chi connectivity index (χ2v) is 12.0. The molecule has 3 aromatic carbocycles. The summed E-state index contributed by atoms with van der Waals surface area (Å²) in [4.78, 5) is 52.7. The first-order chi connectivity index (χ1) is 20.4. The van der Waals surface area contributed by atoms with Crippen molar-refractivity contribution in [1.82, 2.24) is 0 Å². The fourth-order valence-electron chi connectivity index (χ4n) is 5.13. The van der Waals surface area contributed by atoms with E-state index in [4.69, 9.17) is 4.74 Å². The predicted molar refractivity (Wildman–Crippen MR) is 166 cm³/mol. The van der Waals surface area contributed by atoms with E-state index >= 15 is 0 Å². The Labute approximate surface area is 251 Å². The zero-order chi connectivity index (χ0) is 29.6. The summed E-state index contributed by atoms with van der Waals surface area (Å²) in [6.07, 6.45) is 4.89. The van der Waals surface area contributed by atoms with E-state index in [0.29, 0.717) is 27.0 Å². The highest BCUT2D eigenvalue weighted by molar-refractivity contribution is 8.00. The van der Waals surface area contributed by atoms with Crippen molar-refractivity contribution in [2.45, 2.75) is 43.9 Å². The molecule has 2 amide bonds. The van der Waals surface area contributed by atoms with Crippen LogP contribution in [0.2, 0.25) is 0 Å². The van der Waals surface area contributed by atoms with E-state index in [1.807, 2.05) is 6.07 Å². The summed E-state index contributed by atoms with van der Waals surface area (Å²) in [7, 11) is 0. The normalized spacial score (nSPS) is 12.7. The Balaban J connectivity index is 1.27. The molecule has 1 aliphatic carbocycles. The molecule has 10 heteroatoms. The van der Waals surface area contributed by atoms with Gasteiger partial charge in [-0.15, -0.1) is 23.1 Å². The standard InChI is InChI=1S/C32H30N2O6S2/c1-2-40-32(39)28-22-13-4-3-5-16-25(22)42-30(28)34-26(35)18-41-21-12-8-11-20(17-21)33-29(36)23-14-6-9-19-10-7-15-24(27(19)23)31(37)38/h6-12,14-15,17H,2-5,13,16,18H2,1H3,(H,33,36)(H,34,35)(H,37,38). The number of carbonyl (C=O) groups excluding carboxylic acids is 3. The zero-order valence-corrected chi connectivity index (χ0v) is 24.7. The molecule has 3 N–H and O–H groups in total. The van der Waals surface area contributed by atoms with Crippen LogP contribution in [0.15, 0.2) is 65.6 Å². The first-order valence-corrected chi connectivity index (χ1v) is 15.6. The Morgan fingerprint density at radius 2 is 1.67 bits per heavy atom. The van der Waals surface area contributed by atoms with Crippen molar-refractivity contribution in [2.75, 3.05) is 23.0 Å². The van der Waals surface area contributed by atoms with Gasteiger partial charge in [0.2, 0.25) is 5.91 Å². The monoisotopic (exact) mass is 602 g/mol. The first kappa shape index (κ1) is 29.3. The second kappa shape index (κ2) is 13.2. The third-order valence-electron chi connectivity index (χ3n) is 7.00. The molecule has 5 rings (SSSR count). The van der Waals surface area contributed by atoms with Gasteiger partial charge in [0.15, 0.2) is 0 Å². The van der Waals surface area contributed by atoms with Crippen LogP contribution >= 0.6 is 23.1 Å². The molecule has 0 spiro atoms. The number of anilines is 2. The maximum absolute atomic E-state index is 13.2. The number of rotatable bonds is 9. The predicted octanol–water partition coefficient (Wildman–Crippen LogP) is 7.03. The number of thioether (sulfide) groups is 1. The Morgan fingerprint density at radius 1 is 0.929 bits per heavy atom. The van der Waals surface area contributed by atoms with Crippen LogP contribution in [0, 0.1) is 0 Å². The van der Waals surface area contributed by atoms with Crippen molar-refractivity contribution >= 4 is 68.3 Å². The highest BCUT2D eigenvalue weighted by Crippen LogP contribution is 2.38. The summed E-state index contributed by atoms with van der Waals surface area (Å²) in [6, 6.07) is 17.1. The van der Waals surface area contributed by atoms with Gasteiger partial charge in [0.1, 0.15) is 5.00 Å². The van der Waals surface area contributed by atoms with Crippen LogP contribution in [0.25, 0.3) is 10.8 Å². The van der Waals surface area contributed by atoms with Crippen molar-refractivity contribution in [3.8, 4) is 0 Å². The summed E-state index contributed by atoms with van der Waals surface area (Å²) in [5.74, 6) is -2.07. The van der Waals surface area contributed by atoms with E-state index in [1.54, 1.807) is 55.5 Å². The van der Waals surface area contributed by atoms with Crippen LogP contribution in [-0.4, -0.2) is 41.2 Å². The lowest BCUT2D eigenvalue weighted by molar-refractivity contribution is -0.113. The topological polar surface area (TPSA) is 122 Å². The molecule has 1 aliphatic rings. The maximum atomic E-state index is 13.2. The number of carboxylic acids is 1. The van der Waals surface area contributed by atoms with Gasteiger partial charge in [-0.1, -0.05) is 36.8 Å². The number of carboxylic acid groups (broad SMARTS) is 1. The number of fused-ring (bicyclic) bond motifs is 2. The lowest BCUT2D eigenvalue weighted by atomic mass is 9.98. The lowest BCUT2D eigenvalue weighted by Gasteiger charge is -2.11. The van der Waals surface area contributed by atoms with E-state index in [1.165, 1.54) is 29.2 Å². The van der Waals surface area contributed by atoms with Gasteiger partial charge in [-0.2, -0.15) is 0 Å². The number of hydrogen-bond acceptors (Lipinski definition) is 7. The average molecular weight is 603 g/mol. The molecule has 0 saturated carbocycles. The number of carbonyl (C=O) groups is 4. The number of esters is 1. The molecule has 0 unspecified atom stereocenters. The number of aromatic carboxylic acids is 1. The number of ether oxygens (including phenoxy) is 1. The van der Waals surface area contributed by atoms with Crippen molar-refractivity contribution < 1.29 is 29.0 Å². The van der Waals surface area contributed by atoms with Crippen molar-refractivity contribution in [3.63, 3.8) is 0 Å². The lowest BCUT2D eigenvalue weighted by Crippen LogP contribution is -2.17. The number of benzene rings is 3. The maximum Gasteiger partial charge on any atom is 0.341 e. The van der Waals surface area contributed by atoms with E-state index in [9.17, 15) is 24.3 Å². The molecule has 1 aromatic heterocycles. The summed E-state index contributed by atoms with van der Waals surface area (Å²) >= 11 is 2.77.